The van der Waals surface area contributed by atoms with Gasteiger partial charge in [0.25, 0.3) is 10.0 Å². The van der Waals surface area contributed by atoms with E-state index in [2.05, 4.69) is 10.1 Å². The number of nitrogens with two attached hydrogens (primary N) is 1. The number of aryl methyl sites for hydroxylation is 2. The third kappa shape index (κ3) is 9.60. The Kier molecular flexibility index (Phi) is 11.8. The van der Waals surface area contributed by atoms with Crippen LogP contribution in [0.4, 0.5) is 24.7 Å². The number of esters is 1. The number of ether oxygens (including phenoxy) is 2. The van der Waals surface area contributed by atoms with E-state index in [0.29, 0.717) is 41.5 Å². The summed E-state index contributed by atoms with van der Waals surface area (Å²) in [5.74, 6) is -4.07. The number of nitrogen functional groups attached to an aromatic ring is 1. The fraction of sp³-hybridized carbons (Fsp3) is 0.389. The Balaban J connectivity index is 1.35. The lowest BCUT2D eigenvalue weighted by Gasteiger charge is -2.19. The van der Waals surface area contributed by atoms with Crippen molar-refractivity contribution in [3.05, 3.63) is 72.4 Å². The van der Waals surface area contributed by atoms with Gasteiger partial charge in [0.1, 0.15) is 28.7 Å². The maximum absolute atomic E-state index is 13.4. The maximum atomic E-state index is 13.4. The normalized spacial score (nSPS) is 12.1. The Morgan fingerprint density at radius 3 is 2.46 bits per heavy atom. The van der Waals surface area contributed by atoms with Gasteiger partial charge in [0.05, 0.1) is 29.4 Å². The summed E-state index contributed by atoms with van der Waals surface area (Å²) in [6.45, 7) is 6.27. The third-order valence-electron chi connectivity index (χ3n) is 8.08. The standard InChI is InChI=1S/C36H42F3N7O5S/c1-36(2,3)51-30(47)9-7-5-6-8-17-46-22-25(20-42-46)27-21-41-34(40)31-32(43-45(4)33(27)31)24-12-15-28(44-52(48,49)35(38)39)29(19-24)50-18-16-23-10-13-26(37)14-11-23/h10-15,19-22,35,44H,5-9,16-18H2,1-4H3,(H2,40,41). The number of halogens is 3. The highest BCUT2D eigenvalue weighted by Crippen LogP contribution is 2.39. The number of rotatable bonds is 16. The molecule has 0 atom stereocenters. The van der Waals surface area contributed by atoms with Crippen LogP contribution in [-0.4, -0.2) is 56.9 Å². The molecular formula is C36H42F3N7O5S. The number of fused-ring (bicyclic) bond motifs is 1. The summed E-state index contributed by atoms with van der Waals surface area (Å²) in [6, 6.07) is 10.1. The Hall–Kier alpha value is -5.12. The molecule has 0 saturated carbocycles. The number of carbonyl (C=O) groups excluding carboxylic acids is 1. The number of alkyl halides is 2. The summed E-state index contributed by atoms with van der Waals surface area (Å²) >= 11 is 0. The fourth-order valence-electron chi connectivity index (χ4n) is 5.66. The number of hydrogen-bond donors (Lipinski definition) is 2. The Morgan fingerprint density at radius 2 is 1.75 bits per heavy atom. The number of hydrogen-bond acceptors (Lipinski definition) is 9. The number of pyridine rings is 1. The molecule has 16 heteroatoms. The molecule has 5 aromatic rings. The molecule has 278 valence electrons. The van der Waals surface area contributed by atoms with Crippen LogP contribution in [0.15, 0.2) is 61.1 Å². The SMILES string of the molecule is Cn1nc(-c2ccc(NS(=O)(=O)C(F)F)c(OCCc3ccc(F)cc3)c2)c2c(N)ncc(-c3cnn(CCCCCCC(=O)OC(C)(C)C)c3)c21. The van der Waals surface area contributed by atoms with E-state index < -0.39 is 27.2 Å². The molecule has 0 aliphatic rings. The van der Waals surface area contributed by atoms with Crippen molar-refractivity contribution in [1.82, 2.24) is 24.5 Å². The Bertz CT molecular complexity index is 2130. The molecule has 52 heavy (non-hydrogen) atoms. The van der Waals surface area contributed by atoms with Crippen LogP contribution in [0, 0.1) is 5.82 Å². The van der Waals surface area contributed by atoms with Crippen molar-refractivity contribution in [2.24, 2.45) is 7.05 Å². The molecule has 3 heterocycles. The monoisotopic (exact) mass is 741 g/mol. The molecule has 3 aromatic heterocycles. The number of sulfonamides is 1. The van der Waals surface area contributed by atoms with E-state index in [9.17, 15) is 26.4 Å². The summed E-state index contributed by atoms with van der Waals surface area (Å²) in [4.78, 5) is 16.4. The van der Waals surface area contributed by atoms with Crippen LogP contribution in [0.25, 0.3) is 33.3 Å². The summed E-state index contributed by atoms with van der Waals surface area (Å²) in [6.07, 6.45) is 9.48. The summed E-state index contributed by atoms with van der Waals surface area (Å²) in [5, 5.41) is 9.77. The Labute approximate surface area is 300 Å². The third-order valence-corrected chi connectivity index (χ3v) is 9.05. The second-order valence-electron chi connectivity index (χ2n) is 13.3. The molecule has 5 rings (SSSR count). The minimum absolute atomic E-state index is 0.0172. The number of unbranched alkanes of at least 4 members (excludes halogenated alkanes) is 3. The number of benzene rings is 2. The minimum Gasteiger partial charge on any atom is -0.491 e. The van der Waals surface area contributed by atoms with Crippen molar-refractivity contribution in [1.29, 1.82) is 0 Å². The van der Waals surface area contributed by atoms with Crippen LogP contribution < -0.4 is 15.2 Å². The molecule has 3 N–H and O–H groups in total. The van der Waals surface area contributed by atoms with Crippen LogP contribution in [0.2, 0.25) is 0 Å². The van der Waals surface area contributed by atoms with Gasteiger partial charge >= 0.3 is 11.7 Å². The van der Waals surface area contributed by atoms with Gasteiger partial charge in [-0.25, -0.2) is 17.8 Å². The average Bonchev–Trinajstić information content (AvgIpc) is 3.69. The molecule has 0 radical (unpaired) electrons. The molecule has 0 fully saturated rings. The van der Waals surface area contributed by atoms with E-state index in [0.717, 1.165) is 42.4 Å². The zero-order valence-corrected chi connectivity index (χ0v) is 30.2. The summed E-state index contributed by atoms with van der Waals surface area (Å²) in [5.41, 5.74) is 9.56. The highest BCUT2D eigenvalue weighted by Gasteiger charge is 2.26. The first-order valence-electron chi connectivity index (χ1n) is 16.8. The van der Waals surface area contributed by atoms with Crippen LogP contribution >= 0.6 is 0 Å². The van der Waals surface area contributed by atoms with E-state index >= 15 is 0 Å². The first kappa shape index (κ1) is 38.1. The minimum atomic E-state index is -5.00. The quantitative estimate of drug-likeness (QED) is 0.0796. The van der Waals surface area contributed by atoms with Gasteiger partial charge in [-0.05, 0) is 63.4 Å². The van der Waals surface area contributed by atoms with Crippen molar-refractivity contribution in [2.45, 2.75) is 77.2 Å². The van der Waals surface area contributed by atoms with Gasteiger partial charge < -0.3 is 15.2 Å². The number of nitrogens with one attached hydrogen (secondary N) is 1. The zero-order valence-electron chi connectivity index (χ0n) is 29.4. The van der Waals surface area contributed by atoms with Gasteiger partial charge in [0.2, 0.25) is 0 Å². The van der Waals surface area contributed by atoms with E-state index in [4.69, 9.17) is 20.3 Å². The van der Waals surface area contributed by atoms with Gasteiger partial charge in [0, 0.05) is 55.5 Å². The van der Waals surface area contributed by atoms with Gasteiger partial charge in [-0.1, -0.05) is 31.0 Å². The molecule has 12 nitrogen and oxygen atoms in total. The lowest BCUT2D eigenvalue weighted by Crippen LogP contribution is -2.23. The number of nitrogens with zero attached hydrogens (tertiary/aromatic N) is 5. The molecule has 0 saturated heterocycles. The molecule has 0 aliphatic heterocycles. The topological polar surface area (TPSA) is 156 Å². The number of anilines is 2. The fourth-order valence-corrected chi connectivity index (χ4v) is 6.23. The summed E-state index contributed by atoms with van der Waals surface area (Å²) in [7, 11) is -3.25. The average molecular weight is 742 g/mol. The molecule has 0 amide bonds. The molecule has 0 unspecified atom stereocenters. The second kappa shape index (κ2) is 16.0. The Morgan fingerprint density at radius 1 is 1.02 bits per heavy atom. The lowest BCUT2D eigenvalue weighted by atomic mass is 10.0. The molecule has 0 aliphatic carbocycles. The molecular weight excluding hydrogens is 700 g/mol. The highest BCUT2D eigenvalue weighted by atomic mass is 32.2. The highest BCUT2D eigenvalue weighted by molar-refractivity contribution is 7.93. The first-order chi connectivity index (χ1) is 24.6. The lowest BCUT2D eigenvalue weighted by molar-refractivity contribution is -0.154. The first-order valence-corrected chi connectivity index (χ1v) is 18.3. The van der Waals surface area contributed by atoms with E-state index in [1.165, 1.54) is 30.3 Å². The van der Waals surface area contributed by atoms with Gasteiger partial charge in [-0.3, -0.25) is 18.9 Å². The van der Waals surface area contributed by atoms with E-state index in [1.54, 1.807) is 36.3 Å². The predicted octanol–water partition coefficient (Wildman–Crippen LogP) is 7.10. The van der Waals surface area contributed by atoms with Gasteiger partial charge in [0.15, 0.2) is 0 Å². The van der Waals surface area contributed by atoms with E-state index in [1.807, 2.05) is 36.4 Å². The van der Waals surface area contributed by atoms with Crippen molar-refractivity contribution in [3.8, 4) is 28.1 Å². The van der Waals surface area contributed by atoms with E-state index in [-0.39, 0.29) is 29.8 Å². The zero-order chi connectivity index (χ0) is 37.6. The van der Waals surface area contributed by atoms with Gasteiger partial charge in [-0.15, -0.1) is 0 Å². The van der Waals surface area contributed by atoms with Gasteiger partial charge in [-0.2, -0.15) is 19.0 Å². The summed E-state index contributed by atoms with van der Waals surface area (Å²) < 4.78 is 80.7. The number of carbonyl (C=O) groups is 1. The van der Waals surface area contributed by atoms with Crippen molar-refractivity contribution >= 4 is 38.4 Å². The van der Waals surface area contributed by atoms with Crippen LogP contribution in [-0.2, 0) is 39.6 Å². The van der Waals surface area contributed by atoms with Crippen LogP contribution in [0.5, 0.6) is 5.75 Å². The second-order valence-corrected chi connectivity index (χ2v) is 15.0. The molecule has 0 spiro atoms. The van der Waals surface area contributed by atoms with Crippen LogP contribution in [0.1, 0.15) is 58.4 Å². The number of aromatic nitrogens is 5. The van der Waals surface area contributed by atoms with Crippen LogP contribution in [0.3, 0.4) is 0 Å². The van der Waals surface area contributed by atoms with Crippen molar-refractivity contribution < 1.29 is 35.9 Å². The maximum Gasteiger partial charge on any atom is 0.355 e. The largest absolute Gasteiger partial charge is 0.491 e. The molecule has 0 bridgehead atoms. The van der Waals surface area contributed by atoms with Crippen molar-refractivity contribution in [2.75, 3.05) is 17.1 Å². The predicted molar refractivity (Wildman–Crippen MR) is 193 cm³/mol. The smallest absolute Gasteiger partial charge is 0.355 e. The molecule has 2 aromatic carbocycles. The van der Waals surface area contributed by atoms with Crippen molar-refractivity contribution in [3.63, 3.8) is 0 Å².